The molecule has 2 aliphatic rings. The Morgan fingerprint density at radius 1 is 1.00 bits per heavy atom. The van der Waals surface area contributed by atoms with Gasteiger partial charge in [0, 0.05) is 0 Å². The van der Waals surface area contributed by atoms with Gasteiger partial charge in [-0.1, -0.05) is 6.92 Å². The summed E-state index contributed by atoms with van der Waals surface area (Å²) >= 11 is 0. The first kappa shape index (κ1) is 20.7. The highest BCUT2D eigenvalue weighted by Gasteiger charge is 2.42. The van der Waals surface area contributed by atoms with Crippen molar-refractivity contribution in [2.45, 2.75) is 44.8 Å². The summed E-state index contributed by atoms with van der Waals surface area (Å²) in [7, 11) is -15.9. The first-order chi connectivity index (χ1) is 10.9. The molecule has 24 heavy (non-hydrogen) atoms. The summed E-state index contributed by atoms with van der Waals surface area (Å²) in [6.45, 7) is 1.79. The zero-order valence-electron chi connectivity index (χ0n) is 12.8. The fourth-order valence-electron chi connectivity index (χ4n) is 2.95. The van der Waals surface area contributed by atoms with Crippen LogP contribution in [0.4, 0.5) is 0 Å². The standard InChI is InChI=1S/C10H21O11P3/c1-7-4-8(5-7)10-3-2-9(19-10)6-18-23(14,15)21-24(16,17)20-22(11,12)13/h7-10H,2-6H2,1H3,(H,14,15)(H,16,17)(H2,11,12,13)/t7?,8?,9-,10+/m0/s1. The second kappa shape index (κ2) is 7.55. The molecule has 0 aromatic rings. The van der Waals surface area contributed by atoms with Crippen LogP contribution in [0.25, 0.3) is 0 Å². The molecular formula is C10H21O11P3. The summed E-state index contributed by atoms with van der Waals surface area (Å²) in [5, 5.41) is 0. The van der Waals surface area contributed by atoms with Crippen LogP contribution in [0.15, 0.2) is 0 Å². The Morgan fingerprint density at radius 2 is 1.62 bits per heavy atom. The Bertz CT molecular complexity index is 583. The Labute approximate surface area is 138 Å². The maximum absolute atomic E-state index is 11.6. The molecule has 14 heteroatoms. The normalized spacial score (nSPS) is 35.9. The Balaban J connectivity index is 1.77. The molecule has 0 aromatic heterocycles. The van der Waals surface area contributed by atoms with Crippen LogP contribution < -0.4 is 0 Å². The van der Waals surface area contributed by atoms with Gasteiger partial charge in [0.1, 0.15) is 0 Å². The summed E-state index contributed by atoms with van der Waals surface area (Å²) in [5.41, 5.74) is 0. The molecule has 1 saturated heterocycles. The Kier molecular flexibility index (Phi) is 6.50. The second-order valence-corrected chi connectivity index (χ2v) is 10.5. The predicted molar refractivity (Wildman–Crippen MR) is 79.6 cm³/mol. The number of phosphoric acid groups is 3. The van der Waals surface area contributed by atoms with Crippen LogP contribution in [-0.2, 0) is 31.6 Å². The quantitative estimate of drug-likeness (QED) is 0.431. The van der Waals surface area contributed by atoms with Crippen LogP contribution in [-0.4, -0.2) is 38.4 Å². The number of phosphoric ester groups is 1. The summed E-state index contributed by atoms with van der Waals surface area (Å²) in [5.74, 6) is 1.14. The lowest BCUT2D eigenvalue weighted by atomic mass is 9.72. The van der Waals surface area contributed by atoms with Crippen LogP contribution >= 0.6 is 23.5 Å². The van der Waals surface area contributed by atoms with Gasteiger partial charge in [-0.05, 0) is 37.5 Å². The highest BCUT2D eigenvalue weighted by molar-refractivity contribution is 7.66. The summed E-state index contributed by atoms with van der Waals surface area (Å²) in [4.78, 5) is 35.2. The van der Waals surface area contributed by atoms with E-state index in [1.54, 1.807) is 0 Å². The fourth-order valence-corrected chi connectivity index (χ4v) is 6.00. The molecule has 1 aliphatic heterocycles. The maximum Gasteiger partial charge on any atom is 0.490 e. The van der Waals surface area contributed by atoms with E-state index in [1.807, 2.05) is 0 Å². The highest BCUT2D eigenvalue weighted by atomic mass is 31.3. The zero-order chi connectivity index (χ0) is 18.2. The SMILES string of the molecule is CC1CC([C@H]2CC[C@@H](COP(=O)(O)OP(=O)(O)OP(=O)(O)O)O2)C1. The van der Waals surface area contributed by atoms with E-state index in [2.05, 4.69) is 20.1 Å². The van der Waals surface area contributed by atoms with Gasteiger partial charge in [-0.25, -0.2) is 13.7 Å². The van der Waals surface area contributed by atoms with E-state index in [1.165, 1.54) is 0 Å². The lowest BCUT2D eigenvalue weighted by molar-refractivity contribution is -0.0428. The van der Waals surface area contributed by atoms with Gasteiger partial charge in [-0.2, -0.15) is 8.62 Å². The molecular weight excluding hydrogens is 389 g/mol. The lowest BCUT2D eigenvalue weighted by Crippen LogP contribution is -2.32. The van der Waals surface area contributed by atoms with Gasteiger partial charge in [-0.3, -0.25) is 4.52 Å². The number of hydrogen-bond acceptors (Lipinski definition) is 7. The smallest absolute Gasteiger partial charge is 0.372 e. The monoisotopic (exact) mass is 410 g/mol. The number of rotatable bonds is 8. The van der Waals surface area contributed by atoms with Gasteiger partial charge < -0.3 is 24.3 Å². The van der Waals surface area contributed by atoms with Crippen LogP contribution in [0.5, 0.6) is 0 Å². The van der Waals surface area contributed by atoms with Crippen molar-refractivity contribution in [2.75, 3.05) is 6.61 Å². The molecule has 0 radical (unpaired) electrons. The first-order valence-corrected chi connectivity index (χ1v) is 11.8. The van der Waals surface area contributed by atoms with Crippen LogP contribution in [0, 0.1) is 11.8 Å². The maximum atomic E-state index is 11.6. The topological polar surface area (TPSA) is 169 Å². The molecule has 2 rings (SSSR count). The van der Waals surface area contributed by atoms with E-state index in [-0.39, 0.29) is 12.7 Å². The van der Waals surface area contributed by atoms with Gasteiger partial charge in [0.2, 0.25) is 0 Å². The molecule has 11 nitrogen and oxygen atoms in total. The molecule has 142 valence electrons. The van der Waals surface area contributed by atoms with Crippen molar-refractivity contribution >= 4 is 23.5 Å². The third-order valence-corrected chi connectivity index (χ3v) is 7.72. The number of ether oxygens (including phenoxy) is 1. The van der Waals surface area contributed by atoms with E-state index in [0.717, 1.165) is 19.3 Å². The minimum atomic E-state index is -5.47. The predicted octanol–water partition coefficient (Wildman–Crippen LogP) is 1.92. The molecule has 2 unspecified atom stereocenters. The van der Waals surface area contributed by atoms with Crippen molar-refractivity contribution in [3.63, 3.8) is 0 Å². The zero-order valence-corrected chi connectivity index (χ0v) is 15.5. The molecule has 0 bridgehead atoms. The van der Waals surface area contributed by atoms with Crippen molar-refractivity contribution in [3.8, 4) is 0 Å². The Hall–Kier alpha value is 0.370. The molecule has 4 N–H and O–H groups in total. The molecule has 1 heterocycles. The van der Waals surface area contributed by atoms with Gasteiger partial charge in [0.05, 0.1) is 18.8 Å². The fraction of sp³-hybridized carbons (Fsp3) is 1.00. The molecule has 2 fully saturated rings. The van der Waals surface area contributed by atoms with E-state index >= 15 is 0 Å². The van der Waals surface area contributed by atoms with Crippen molar-refractivity contribution < 1.29 is 51.2 Å². The lowest BCUT2D eigenvalue weighted by Gasteiger charge is -2.36. The van der Waals surface area contributed by atoms with Gasteiger partial charge in [-0.15, -0.1) is 0 Å². The van der Waals surface area contributed by atoms with Crippen LogP contribution in [0.2, 0.25) is 0 Å². The molecule has 1 aliphatic carbocycles. The number of hydrogen-bond donors (Lipinski definition) is 4. The average molecular weight is 410 g/mol. The third-order valence-electron chi connectivity index (χ3n) is 3.92. The van der Waals surface area contributed by atoms with Crippen molar-refractivity contribution in [3.05, 3.63) is 0 Å². The van der Waals surface area contributed by atoms with Crippen LogP contribution in [0.3, 0.4) is 0 Å². The molecule has 1 saturated carbocycles. The van der Waals surface area contributed by atoms with Crippen molar-refractivity contribution in [1.29, 1.82) is 0 Å². The molecule has 0 amide bonds. The van der Waals surface area contributed by atoms with Gasteiger partial charge in [0.25, 0.3) is 0 Å². The summed E-state index contributed by atoms with van der Waals surface area (Å²) < 4.78 is 50.8. The van der Waals surface area contributed by atoms with E-state index < -0.39 is 29.6 Å². The minimum absolute atomic E-state index is 0.0655. The molecule has 0 spiro atoms. The largest absolute Gasteiger partial charge is 0.490 e. The third kappa shape index (κ3) is 6.59. The van der Waals surface area contributed by atoms with Crippen LogP contribution in [0.1, 0.15) is 32.6 Å². The van der Waals surface area contributed by atoms with Gasteiger partial charge >= 0.3 is 23.5 Å². The highest BCUT2D eigenvalue weighted by Crippen LogP contribution is 2.66. The van der Waals surface area contributed by atoms with Gasteiger partial charge in [0.15, 0.2) is 0 Å². The van der Waals surface area contributed by atoms with E-state index in [0.29, 0.717) is 18.3 Å². The average Bonchev–Trinajstić information content (AvgIpc) is 2.76. The van der Waals surface area contributed by atoms with Crippen molar-refractivity contribution in [2.24, 2.45) is 11.8 Å². The molecule has 4 atom stereocenters. The minimum Gasteiger partial charge on any atom is -0.372 e. The van der Waals surface area contributed by atoms with E-state index in [9.17, 15) is 18.6 Å². The summed E-state index contributed by atoms with van der Waals surface area (Å²) in [6.07, 6.45) is 3.15. The Morgan fingerprint density at radius 3 is 2.17 bits per heavy atom. The van der Waals surface area contributed by atoms with Crippen molar-refractivity contribution in [1.82, 2.24) is 0 Å². The summed E-state index contributed by atoms with van der Waals surface area (Å²) in [6, 6.07) is 0. The first-order valence-electron chi connectivity index (χ1n) is 7.29. The molecule has 0 aromatic carbocycles. The second-order valence-electron chi connectivity index (χ2n) is 6.10. The van der Waals surface area contributed by atoms with E-state index in [4.69, 9.17) is 19.4 Å².